The first-order valence-corrected chi connectivity index (χ1v) is 6.76. The average Bonchev–Trinajstić information content (AvgIpc) is 2.86. The molecule has 7 heteroatoms. The minimum Gasteiger partial charge on any atom is -0.469 e. The van der Waals surface area contributed by atoms with Crippen LogP contribution < -0.4 is 5.32 Å². The number of pyridine rings is 1. The molecule has 0 saturated heterocycles. The topological polar surface area (TPSA) is 81.2 Å². The van der Waals surface area contributed by atoms with Gasteiger partial charge in [0.25, 0.3) is 0 Å². The van der Waals surface area contributed by atoms with Gasteiger partial charge >= 0.3 is 5.97 Å². The first-order chi connectivity index (χ1) is 9.67. The summed E-state index contributed by atoms with van der Waals surface area (Å²) in [4.78, 5) is 31.1. The monoisotopic (exact) mass is 291 g/mol. The molecule has 0 aliphatic carbocycles. The predicted octanol–water partition coefficient (Wildman–Crippen LogP) is 1.43. The van der Waals surface area contributed by atoms with Crippen molar-refractivity contribution in [2.45, 2.75) is 12.8 Å². The summed E-state index contributed by atoms with van der Waals surface area (Å²) < 4.78 is 4.55. The van der Waals surface area contributed by atoms with Gasteiger partial charge in [0, 0.05) is 17.3 Å². The van der Waals surface area contributed by atoms with Crippen molar-refractivity contribution in [2.75, 3.05) is 12.4 Å². The van der Waals surface area contributed by atoms with Crippen LogP contribution in [0.1, 0.15) is 11.4 Å². The third-order valence-corrected chi connectivity index (χ3v) is 3.23. The van der Waals surface area contributed by atoms with E-state index in [2.05, 4.69) is 20.0 Å². The van der Waals surface area contributed by atoms with E-state index in [4.69, 9.17) is 0 Å². The molecule has 0 unspecified atom stereocenters. The number of carbonyl (C=O) groups excluding carboxylic acids is 2. The Balaban J connectivity index is 1.90. The molecule has 2 rings (SSSR count). The van der Waals surface area contributed by atoms with Gasteiger partial charge in [0.1, 0.15) is 0 Å². The van der Waals surface area contributed by atoms with Crippen LogP contribution in [0.3, 0.4) is 0 Å². The quantitative estimate of drug-likeness (QED) is 0.843. The van der Waals surface area contributed by atoms with E-state index in [0.29, 0.717) is 16.5 Å². The van der Waals surface area contributed by atoms with Crippen molar-refractivity contribution in [3.05, 3.63) is 41.2 Å². The number of nitrogens with zero attached hydrogens (tertiary/aromatic N) is 2. The van der Waals surface area contributed by atoms with Crippen LogP contribution in [0.5, 0.6) is 0 Å². The van der Waals surface area contributed by atoms with Gasteiger partial charge < -0.3 is 10.1 Å². The molecule has 0 aliphatic heterocycles. The van der Waals surface area contributed by atoms with Crippen molar-refractivity contribution in [3.63, 3.8) is 0 Å². The lowest BCUT2D eigenvalue weighted by Gasteiger charge is -2.00. The van der Waals surface area contributed by atoms with Crippen LogP contribution in [0.2, 0.25) is 0 Å². The molecule has 2 aromatic heterocycles. The van der Waals surface area contributed by atoms with Crippen molar-refractivity contribution < 1.29 is 14.3 Å². The number of ether oxygens (including phenoxy) is 1. The van der Waals surface area contributed by atoms with Crippen LogP contribution in [0.4, 0.5) is 5.13 Å². The molecule has 0 bridgehead atoms. The largest absolute Gasteiger partial charge is 0.469 e. The Kier molecular flexibility index (Phi) is 4.78. The summed E-state index contributed by atoms with van der Waals surface area (Å²) in [6, 6.07) is 5.40. The van der Waals surface area contributed by atoms with E-state index < -0.39 is 0 Å². The average molecular weight is 291 g/mol. The second kappa shape index (κ2) is 6.76. The van der Waals surface area contributed by atoms with Crippen LogP contribution in [-0.2, 0) is 27.2 Å². The molecule has 0 spiro atoms. The van der Waals surface area contributed by atoms with Crippen molar-refractivity contribution in [1.29, 1.82) is 0 Å². The number of anilines is 1. The van der Waals surface area contributed by atoms with E-state index in [-0.39, 0.29) is 24.7 Å². The Bertz CT molecular complexity index is 598. The second-order valence-corrected chi connectivity index (χ2v) is 4.80. The molecule has 1 amide bonds. The van der Waals surface area contributed by atoms with E-state index in [1.165, 1.54) is 18.4 Å². The molecule has 0 atom stereocenters. The fraction of sp³-hybridized carbons (Fsp3) is 0.231. The number of amides is 1. The fourth-order valence-corrected chi connectivity index (χ4v) is 2.22. The Hall–Kier alpha value is -2.28. The molecule has 0 radical (unpaired) electrons. The summed E-state index contributed by atoms with van der Waals surface area (Å²) >= 11 is 1.27. The molecule has 1 N–H and O–H groups in total. The van der Waals surface area contributed by atoms with E-state index in [0.717, 1.165) is 0 Å². The highest BCUT2D eigenvalue weighted by Gasteiger charge is 2.10. The number of hydrogen-bond acceptors (Lipinski definition) is 6. The van der Waals surface area contributed by atoms with Gasteiger partial charge in [-0.2, -0.15) is 0 Å². The minimum atomic E-state index is -0.360. The summed E-state index contributed by atoms with van der Waals surface area (Å²) in [6.45, 7) is 0. The molecule has 0 aliphatic rings. The summed E-state index contributed by atoms with van der Waals surface area (Å²) in [7, 11) is 1.32. The SMILES string of the molecule is COC(=O)Cc1csc(NC(=O)Cc2ccccn2)n1. The Morgan fingerprint density at radius 3 is 2.85 bits per heavy atom. The van der Waals surface area contributed by atoms with Crippen LogP contribution in [-0.4, -0.2) is 29.0 Å². The molecule has 104 valence electrons. The van der Waals surface area contributed by atoms with Gasteiger partial charge in [-0.05, 0) is 12.1 Å². The zero-order valence-electron chi connectivity index (χ0n) is 10.8. The molecule has 0 saturated carbocycles. The molecular weight excluding hydrogens is 278 g/mol. The van der Waals surface area contributed by atoms with Crippen molar-refractivity contribution in [3.8, 4) is 0 Å². The number of aromatic nitrogens is 2. The Morgan fingerprint density at radius 2 is 2.15 bits per heavy atom. The van der Waals surface area contributed by atoms with Crippen LogP contribution >= 0.6 is 11.3 Å². The first-order valence-electron chi connectivity index (χ1n) is 5.88. The van der Waals surface area contributed by atoms with E-state index in [1.807, 2.05) is 6.07 Å². The van der Waals surface area contributed by atoms with Gasteiger partial charge in [0.2, 0.25) is 5.91 Å². The summed E-state index contributed by atoms with van der Waals surface area (Å²) in [6.07, 6.45) is 1.93. The van der Waals surface area contributed by atoms with E-state index in [9.17, 15) is 9.59 Å². The number of hydrogen-bond donors (Lipinski definition) is 1. The van der Waals surface area contributed by atoms with Gasteiger partial charge in [-0.25, -0.2) is 4.98 Å². The van der Waals surface area contributed by atoms with E-state index >= 15 is 0 Å². The molecule has 6 nitrogen and oxygen atoms in total. The highest BCUT2D eigenvalue weighted by atomic mass is 32.1. The zero-order valence-corrected chi connectivity index (χ0v) is 11.6. The number of rotatable bonds is 5. The number of carbonyl (C=O) groups is 2. The normalized spacial score (nSPS) is 10.1. The maximum Gasteiger partial charge on any atom is 0.311 e. The van der Waals surface area contributed by atoms with Crippen molar-refractivity contribution >= 4 is 28.3 Å². The maximum absolute atomic E-state index is 11.8. The second-order valence-electron chi connectivity index (χ2n) is 3.94. The first kappa shape index (κ1) is 14.1. The van der Waals surface area contributed by atoms with Crippen molar-refractivity contribution in [2.24, 2.45) is 0 Å². The Morgan fingerprint density at radius 1 is 1.30 bits per heavy atom. The molecule has 2 aromatic rings. The van der Waals surface area contributed by atoms with Gasteiger partial charge in [-0.1, -0.05) is 6.07 Å². The lowest BCUT2D eigenvalue weighted by atomic mass is 10.2. The van der Waals surface area contributed by atoms with Gasteiger partial charge in [0.15, 0.2) is 5.13 Å². The molecule has 0 aromatic carbocycles. The maximum atomic E-state index is 11.8. The predicted molar refractivity (Wildman–Crippen MR) is 74.4 cm³/mol. The highest BCUT2D eigenvalue weighted by molar-refractivity contribution is 7.13. The molecule has 20 heavy (non-hydrogen) atoms. The van der Waals surface area contributed by atoms with Gasteiger partial charge in [-0.15, -0.1) is 11.3 Å². The smallest absolute Gasteiger partial charge is 0.311 e. The number of thiazole rings is 1. The number of esters is 1. The third kappa shape index (κ3) is 4.13. The number of methoxy groups -OCH3 is 1. The van der Waals surface area contributed by atoms with Gasteiger partial charge in [-0.3, -0.25) is 14.6 Å². The van der Waals surface area contributed by atoms with Crippen LogP contribution in [0, 0.1) is 0 Å². The van der Waals surface area contributed by atoms with Crippen molar-refractivity contribution in [1.82, 2.24) is 9.97 Å². The summed E-state index contributed by atoms with van der Waals surface area (Å²) in [5, 5.41) is 4.86. The Labute approximate surface area is 119 Å². The lowest BCUT2D eigenvalue weighted by molar-refractivity contribution is -0.139. The minimum absolute atomic E-state index is 0.100. The summed E-state index contributed by atoms with van der Waals surface area (Å²) in [5.74, 6) is -0.552. The zero-order chi connectivity index (χ0) is 14.4. The van der Waals surface area contributed by atoms with Gasteiger partial charge in [0.05, 0.1) is 25.6 Å². The molecular formula is C13H13N3O3S. The summed E-state index contributed by atoms with van der Waals surface area (Å²) in [5.41, 5.74) is 1.27. The number of nitrogens with one attached hydrogen (secondary N) is 1. The lowest BCUT2D eigenvalue weighted by Crippen LogP contribution is -2.15. The van der Waals surface area contributed by atoms with E-state index in [1.54, 1.807) is 23.7 Å². The highest BCUT2D eigenvalue weighted by Crippen LogP contribution is 2.16. The van der Waals surface area contributed by atoms with Crippen LogP contribution in [0.25, 0.3) is 0 Å². The fourth-order valence-electron chi connectivity index (χ4n) is 1.50. The molecule has 2 heterocycles. The molecule has 0 fully saturated rings. The third-order valence-electron chi connectivity index (χ3n) is 2.42. The van der Waals surface area contributed by atoms with Crippen LogP contribution in [0.15, 0.2) is 29.8 Å². The standard InChI is InChI=1S/C13H13N3O3S/c1-19-12(18)7-10-8-20-13(15-10)16-11(17)6-9-4-2-3-5-14-9/h2-5,8H,6-7H2,1H3,(H,15,16,17).